The standard InChI is InChI=1S/C15H20BrNO2/c16-15-5-3-1-2-4-13(15)9-6-12-7-10-14(11-8-12)17(18)19/h7-8,10-11,13,15H,1-6,9H2. The number of non-ortho nitro benzene ring substituents is 1. The topological polar surface area (TPSA) is 43.1 Å². The van der Waals surface area contributed by atoms with Gasteiger partial charge in [-0.1, -0.05) is 47.3 Å². The first-order chi connectivity index (χ1) is 9.16. The van der Waals surface area contributed by atoms with Gasteiger partial charge >= 0.3 is 0 Å². The van der Waals surface area contributed by atoms with E-state index in [4.69, 9.17) is 0 Å². The summed E-state index contributed by atoms with van der Waals surface area (Å²) in [5, 5.41) is 10.6. The molecule has 2 unspecified atom stereocenters. The van der Waals surface area contributed by atoms with Crippen LogP contribution in [0.2, 0.25) is 0 Å². The number of halogens is 1. The zero-order valence-corrected chi connectivity index (χ0v) is 12.6. The minimum Gasteiger partial charge on any atom is -0.258 e. The number of aryl methyl sites for hydroxylation is 1. The van der Waals surface area contributed by atoms with Crippen LogP contribution in [0.4, 0.5) is 5.69 Å². The maximum Gasteiger partial charge on any atom is 0.269 e. The molecular formula is C15H20BrNO2. The molecule has 0 spiro atoms. The number of nitro groups is 1. The van der Waals surface area contributed by atoms with Gasteiger partial charge in [0.25, 0.3) is 5.69 Å². The number of nitrogens with zero attached hydrogens (tertiary/aromatic N) is 1. The van der Waals surface area contributed by atoms with Gasteiger partial charge in [0.1, 0.15) is 0 Å². The number of alkyl halides is 1. The van der Waals surface area contributed by atoms with Crippen molar-refractivity contribution in [1.29, 1.82) is 0 Å². The molecule has 0 saturated heterocycles. The smallest absolute Gasteiger partial charge is 0.258 e. The molecule has 1 aliphatic carbocycles. The lowest BCUT2D eigenvalue weighted by Gasteiger charge is -2.19. The van der Waals surface area contributed by atoms with Crippen molar-refractivity contribution in [3.05, 3.63) is 39.9 Å². The summed E-state index contributed by atoms with van der Waals surface area (Å²) in [7, 11) is 0. The molecule has 3 nitrogen and oxygen atoms in total. The Morgan fingerprint density at radius 3 is 2.53 bits per heavy atom. The maximum atomic E-state index is 10.6. The van der Waals surface area contributed by atoms with Crippen LogP contribution in [0.1, 0.15) is 44.1 Å². The van der Waals surface area contributed by atoms with Gasteiger partial charge in [0.15, 0.2) is 0 Å². The second-order valence-corrected chi connectivity index (χ2v) is 6.55. The van der Waals surface area contributed by atoms with Crippen molar-refractivity contribution in [3.63, 3.8) is 0 Å². The van der Waals surface area contributed by atoms with Crippen molar-refractivity contribution in [1.82, 2.24) is 0 Å². The van der Waals surface area contributed by atoms with E-state index in [1.165, 1.54) is 44.1 Å². The second-order valence-electron chi connectivity index (χ2n) is 5.38. The molecule has 0 aliphatic heterocycles. The summed E-state index contributed by atoms with van der Waals surface area (Å²) in [4.78, 5) is 10.9. The molecule has 2 atom stereocenters. The normalized spacial score (nSPS) is 23.8. The van der Waals surface area contributed by atoms with Crippen LogP contribution < -0.4 is 0 Å². The molecule has 4 heteroatoms. The van der Waals surface area contributed by atoms with E-state index in [1.54, 1.807) is 12.1 Å². The Kier molecular flexibility index (Phi) is 5.37. The molecule has 0 amide bonds. The van der Waals surface area contributed by atoms with Gasteiger partial charge in [-0.05, 0) is 37.2 Å². The third kappa shape index (κ3) is 4.30. The quantitative estimate of drug-likeness (QED) is 0.343. The fraction of sp³-hybridized carbons (Fsp3) is 0.600. The van der Waals surface area contributed by atoms with Gasteiger partial charge in [0.05, 0.1) is 4.92 Å². The molecule has 0 heterocycles. The number of rotatable bonds is 4. The molecule has 1 saturated carbocycles. The van der Waals surface area contributed by atoms with Crippen LogP contribution >= 0.6 is 15.9 Å². The summed E-state index contributed by atoms with van der Waals surface area (Å²) in [6.07, 6.45) is 8.82. The Morgan fingerprint density at radius 1 is 1.16 bits per heavy atom. The number of nitro benzene ring substituents is 1. The molecule has 0 radical (unpaired) electrons. The number of hydrogen-bond acceptors (Lipinski definition) is 2. The Bertz CT molecular complexity index is 419. The van der Waals surface area contributed by atoms with Crippen LogP contribution in [0.5, 0.6) is 0 Å². The zero-order chi connectivity index (χ0) is 13.7. The van der Waals surface area contributed by atoms with Gasteiger partial charge in [-0.15, -0.1) is 0 Å². The molecule has 0 bridgehead atoms. The fourth-order valence-corrected chi connectivity index (χ4v) is 3.65. The minimum atomic E-state index is -0.344. The van der Waals surface area contributed by atoms with Crippen LogP contribution in [0, 0.1) is 16.0 Å². The second kappa shape index (κ2) is 7.04. The van der Waals surface area contributed by atoms with Gasteiger partial charge in [-0.2, -0.15) is 0 Å². The molecular weight excluding hydrogens is 306 g/mol. The SMILES string of the molecule is O=[N+]([O-])c1ccc(CCC2CCCCCC2Br)cc1. The van der Waals surface area contributed by atoms with Crippen LogP contribution in [0.15, 0.2) is 24.3 Å². The van der Waals surface area contributed by atoms with Crippen LogP contribution in [-0.4, -0.2) is 9.75 Å². The lowest BCUT2D eigenvalue weighted by Crippen LogP contribution is -2.13. The van der Waals surface area contributed by atoms with Gasteiger partial charge < -0.3 is 0 Å². The van der Waals surface area contributed by atoms with E-state index in [0.29, 0.717) is 4.83 Å². The Labute approximate surface area is 122 Å². The zero-order valence-electron chi connectivity index (χ0n) is 11.1. The highest BCUT2D eigenvalue weighted by molar-refractivity contribution is 9.09. The predicted octanol–water partition coefficient (Wildman–Crippen LogP) is 4.87. The Hall–Kier alpha value is -0.900. The van der Waals surface area contributed by atoms with Crippen molar-refractivity contribution < 1.29 is 4.92 Å². The van der Waals surface area contributed by atoms with Crippen LogP contribution in [0.3, 0.4) is 0 Å². The predicted molar refractivity (Wildman–Crippen MR) is 80.7 cm³/mol. The van der Waals surface area contributed by atoms with Gasteiger partial charge in [-0.3, -0.25) is 10.1 Å². The van der Waals surface area contributed by atoms with Crippen LogP contribution in [0.25, 0.3) is 0 Å². The largest absolute Gasteiger partial charge is 0.269 e. The molecule has 2 rings (SSSR count). The number of hydrogen-bond donors (Lipinski definition) is 0. The highest BCUT2D eigenvalue weighted by Gasteiger charge is 2.20. The number of benzene rings is 1. The first-order valence-electron chi connectivity index (χ1n) is 7.04. The lowest BCUT2D eigenvalue weighted by molar-refractivity contribution is -0.384. The highest BCUT2D eigenvalue weighted by Crippen LogP contribution is 2.32. The Balaban J connectivity index is 1.88. The van der Waals surface area contributed by atoms with Crippen molar-refractivity contribution in [2.24, 2.45) is 5.92 Å². The average Bonchev–Trinajstić information content (AvgIpc) is 2.61. The molecule has 0 aromatic heterocycles. The third-order valence-electron chi connectivity index (χ3n) is 4.02. The van der Waals surface area contributed by atoms with Gasteiger partial charge in [-0.25, -0.2) is 0 Å². The van der Waals surface area contributed by atoms with E-state index in [9.17, 15) is 10.1 Å². The van der Waals surface area contributed by atoms with E-state index >= 15 is 0 Å². The van der Waals surface area contributed by atoms with Crippen molar-refractivity contribution in [3.8, 4) is 0 Å². The summed E-state index contributed by atoms with van der Waals surface area (Å²) in [5.41, 5.74) is 1.38. The average molecular weight is 326 g/mol. The van der Waals surface area contributed by atoms with Crippen LogP contribution in [-0.2, 0) is 6.42 Å². The van der Waals surface area contributed by atoms with Gasteiger partial charge in [0, 0.05) is 17.0 Å². The molecule has 104 valence electrons. The first-order valence-corrected chi connectivity index (χ1v) is 7.96. The van der Waals surface area contributed by atoms with Gasteiger partial charge in [0.2, 0.25) is 0 Å². The first kappa shape index (κ1) is 14.5. The molecule has 1 aliphatic rings. The molecule has 1 aromatic rings. The maximum absolute atomic E-state index is 10.6. The third-order valence-corrected chi connectivity index (χ3v) is 5.22. The fourth-order valence-electron chi connectivity index (χ4n) is 2.80. The van der Waals surface area contributed by atoms with E-state index in [0.717, 1.165) is 12.3 Å². The van der Waals surface area contributed by atoms with E-state index in [-0.39, 0.29) is 10.6 Å². The Morgan fingerprint density at radius 2 is 1.84 bits per heavy atom. The van der Waals surface area contributed by atoms with Crippen molar-refractivity contribution in [2.45, 2.75) is 49.8 Å². The molecule has 1 aromatic carbocycles. The molecule has 19 heavy (non-hydrogen) atoms. The molecule has 1 fully saturated rings. The lowest BCUT2D eigenvalue weighted by atomic mass is 9.93. The summed E-state index contributed by atoms with van der Waals surface area (Å²) in [5.74, 6) is 0.748. The van der Waals surface area contributed by atoms with E-state index in [1.807, 2.05) is 12.1 Å². The van der Waals surface area contributed by atoms with Crippen molar-refractivity contribution in [2.75, 3.05) is 0 Å². The molecule has 0 N–H and O–H groups in total. The highest BCUT2D eigenvalue weighted by atomic mass is 79.9. The van der Waals surface area contributed by atoms with E-state index < -0.39 is 0 Å². The monoisotopic (exact) mass is 325 g/mol. The summed E-state index contributed by atoms with van der Waals surface area (Å²) >= 11 is 3.82. The van der Waals surface area contributed by atoms with Crippen molar-refractivity contribution >= 4 is 21.6 Å². The summed E-state index contributed by atoms with van der Waals surface area (Å²) in [6, 6.07) is 6.98. The van der Waals surface area contributed by atoms with E-state index in [2.05, 4.69) is 15.9 Å². The summed E-state index contributed by atoms with van der Waals surface area (Å²) in [6.45, 7) is 0. The minimum absolute atomic E-state index is 0.177. The summed E-state index contributed by atoms with van der Waals surface area (Å²) < 4.78 is 0.